The molecule has 0 N–H and O–H groups in total. The number of hydrogen-bond donors (Lipinski definition) is 0. The predicted octanol–water partition coefficient (Wildman–Crippen LogP) is 12.7. The van der Waals surface area contributed by atoms with E-state index in [1.807, 2.05) is 24.3 Å². The van der Waals surface area contributed by atoms with Gasteiger partial charge in [0.05, 0.1) is 0 Å². The molecule has 244 valence electrons. The lowest BCUT2D eigenvalue weighted by molar-refractivity contribution is 0.668. The third-order valence-corrected chi connectivity index (χ3v) is 10.4. The molecular formula is C47H29N3O2. The maximum Gasteiger partial charge on any atom is 0.165 e. The molecule has 0 fully saturated rings. The fourth-order valence-corrected chi connectivity index (χ4v) is 7.94. The fraction of sp³-hybridized carbons (Fsp3) is 0.0426. The Bertz CT molecular complexity index is 3140. The molecule has 0 amide bonds. The van der Waals surface area contributed by atoms with E-state index < -0.39 is 0 Å². The monoisotopic (exact) mass is 667 g/mol. The molecule has 0 spiro atoms. The van der Waals surface area contributed by atoms with E-state index in [2.05, 4.69) is 127 Å². The van der Waals surface area contributed by atoms with Gasteiger partial charge in [0.15, 0.2) is 17.5 Å². The van der Waals surface area contributed by atoms with Gasteiger partial charge in [-0.3, -0.25) is 0 Å². The van der Waals surface area contributed by atoms with Gasteiger partial charge >= 0.3 is 0 Å². The first-order chi connectivity index (χ1) is 25.8. The topological polar surface area (TPSA) is 65.0 Å². The molecule has 0 saturated carbocycles. The van der Waals surface area contributed by atoms with Crippen LogP contribution in [0, 0.1) is 0 Å². The first-order valence-electron chi connectivity index (χ1n) is 17.7. The molecule has 3 heterocycles. The van der Waals surface area contributed by atoms with Crippen LogP contribution in [-0.4, -0.2) is 15.0 Å². The molecule has 10 aromatic rings. The molecule has 0 unspecified atom stereocenters. The van der Waals surface area contributed by atoms with Crippen molar-refractivity contribution >= 4 is 71.0 Å². The van der Waals surface area contributed by atoms with Crippen molar-refractivity contribution in [2.45, 2.75) is 12.8 Å². The molecule has 1 aliphatic rings. The number of allylic oxidation sites excluding steroid dienone is 4. The minimum Gasteiger partial charge on any atom is -0.456 e. The number of nitrogens with zero attached hydrogens (tertiary/aromatic N) is 3. The molecule has 0 radical (unpaired) electrons. The van der Waals surface area contributed by atoms with Crippen molar-refractivity contribution in [1.29, 1.82) is 0 Å². The smallest absolute Gasteiger partial charge is 0.165 e. The van der Waals surface area contributed by atoms with Crippen molar-refractivity contribution in [2.75, 3.05) is 0 Å². The van der Waals surface area contributed by atoms with Gasteiger partial charge in [-0.1, -0.05) is 109 Å². The normalized spacial score (nSPS) is 13.3. The first kappa shape index (κ1) is 28.9. The Morgan fingerprint density at radius 2 is 1.10 bits per heavy atom. The Morgan fingerprint density at radius 3 is 1.94 bits per heavy atom. The SMILES string of the molecule is C1=CC(c2nc(-c3cc4ccccc4c4ccccc34)nc(-c3c(-c4ccc5oc6ccccc6c5c4)ccc4oc5ccccc5c34)n2)=CCC1. The van der Waals surface area contributed by atoms with Crippen LogP contribution in [0.2, 0.25) is 0 Å². The van der Waals surface area contributed by atoms with Gasteiger partial charge in [0.2, 0.25) is 0 Å². The largest absolute Gasteiger partial charge is 0.456 e. The van der Waals surface area contributed by atoms with Gasteiger partial charge in [0, 0.05) is 38.2 Å². The molecule has 0 atom stereocenters. The molecule has 0 saturated heterocycles. The van der Waals surface area contributed by atoms with Crippen molar-refractivity contribution in [2.24, 2.45) is 0 Å². The van der Waals surface area contributed by atoms with Gasteiger partial charge in [0.25, 0.3) is 0 Å². The zero-order valence-electron chi connectivity index (χ0n) is 28.0. The van der Waals surface area contributed by atoms with Gasteiger partial charge in [-0.2, -0.15) is 0 Å². The molecule has 5 heteroatoms. The molecule has 1 aliphatic carbocycles. The molecule has 3 aromatic heterocycles. The van der Waals surface area contributed by atoms with Gasteiger partial charge in [0.1, 0.15) is 22.3 Å². The highest BCUT2D eigenvalue weighted by molar-refractivity contribution is 6.17. The van der Waals surface area contributed by atoms with Crippen LogP contribution in [0.25, 0.3) is 105 Å². The Balaban J connectivity index is 1.25. The lowest BCUT2D eigenvalue weighted by Crippen LogP contribution is -2.04. The quantitative estimate of drug-likeness (QED) is 0.175. The highest BCUT2D eigenvalue weighted by Crippen LogP contribution is 2.44. The number of furan rings is 2. The minimum atomic E-state index is 0.599. The lowest BCUT2D eigenvalue weighted by atomic mass is 9.93. The Morgan fingerprint density at radius 1 is 0.442 bits per heavy atom. The standard InChI is InChI=1S/C47H29N3O2/c1-2-12-28(13-3-1)45-48-46(38-27-29-14-4-5-15-31(29)33-16-6-7-17-34(33)38)50-47(49-45)44-32(23-25-42-43(44)36-19-9-11-21-40(36)52-42)30-22-24-41-37(26-30)35-18-8-10-20-39(35)51-41/h2,4-27H,1,3H2. The molecule has 7 aromatic carbocycles. The molecule has 11 rings (SSSR count). The summed E-state index contributed by atoms with van der Waals surface area (Å²) in [5, 5.41) is 8.75. The van der Waals surface area contributed by atoms with E-state index in [1.165, 1.54) is 10.8 Å². The first-order valence-corrected chi connectivity index (χ1v) is 17.7. The number of rotatable bonds is 4. The van der Waals surface area contributed by atoms with Crippen LogP contribution in [0.4, 0.5) is 0 Å². The van der Waals surface area contributed by atoms with Gasteiger partial charge in [-0.05, 0) is 88.0 Å². The van der Waals surface area contributed by atoms with Crippen molar-refractivity contribution in [3.8, 4) is 33.9 Å². The summed E-state index contributed by atoms with van der Waals surface area (Å²) in [4.78, 5) is 16.0. The van der Waals surface area contributed by atoms with Crippen LogP contribution in [0.1, 0.15) is 18.7 Å². The van der Waals surface area contributed by atoms with Crippen LogP contribution in [0.5, 0.6) is 0 Å². The summed E-state index contributed by atoms with van der Waals surface area (Å²) >= 11 is 0. The second kappa shape index (κ2) is 11.3. The van der Waals surface area contributed by atoms with E-state index in [0.717, 1.165) is 95.3 Å². The molecular weight excluding hydrogens is 639 g/mol. The van der Waals surface area contributed by atoms with Gasteiger partial charge in [-0.25, -0.2) is 15.0 Å². The van der Waals surface area contributed by atoms with Crippen molar-refractivity contribution in [3.63, 3.8) is 0 Å². The summed E-state index contributed by atoms with van der Waals surface area (Å²) in [5.74, 6) is 1.88. The Labute approximate surface area is 298 Å². The van der Waals surface area contributed by atoms with Crippen LogP contribution in [-0.2, 0) is 0 Å². The fourth-order valence-electron chi connectivity index (χ4n) is 7.94. The summed E-state index contributed by atoms with van der Waals surface area (Å²) < 4.78 is 12.7. The molecule has 0 bridgehead atoms. The van der Waals surface area contributed by atoms with Crippen LogP contribution in [0.15, 0.2) is 161 Å². The number of fused-ring (bicyclic) bond motifs is 9. The van der Waals surface area contributed by atoms with E-state index in [9.17, 15) is 0 Å². The highest BCUT2D eigenvalue weighted by Gasteiger charge is 2.23. The molecule has 52 heavy (non-hydrogen) atoms. The second-order valence-electron chi connectivity index (χ2n) is 13.4. The van der Waals surface area contributed by atoms with E-state index in [0.29, 0.717) is 17.5 Å². The lowest BCUT2D eigenvalue weighted by Gasteiger charge is -2.15. The summed E-state index contributed by atoms with van der Waals surface area (Å²) in [6.07, 6.45) is 8.50. The summed E-state index contributed by atoms with van der Waals surface area (Å²) in [6.45, 7) is 0. The van der Waals surface area contributed by atoms with E-state index in [-0.39, 0.29) is 0 Å². The maximum absolute atomic E-state index is 6.48. The van der Waals surface area contributed by atoms with Crippen molar-refractivity contribution in [1.82, 2.24) is 15.0 Å². The number of benzene rings is 7. The third-order valence-electron chi connectivity index (χ3n) is 10.4. The Hall–Kier alpha value is -6.85. The number of hydrogen-bond acceptors (Lipinski definition) is 5. The zero-order chi connectivity index (χ0) is 34.2. The van der Waals surface area contributed by atoms with E-state index in [1.54, 1.807) is 0 Å². The minimum absolute atomic E-state index is 0.599. The maximum atomic E-state index is 6.48. The van der Waals surface area contributed by atoms with E-state index >= 15 is 0 Å². The average molecular weight is 668 g/mol. The Kier molecular flexibility index (Phi) is 6.31. The van der Waals surface area contributed by atoms with Crippen molar-refractivity contribution < 1.29 is 8.83 Å². The third kappa shape index (κ3) is 4.46. The zero-order valence-corrected chi connectivity index (χ0v) is 28.0. The van der Waals surface area contributed by atoms with Crippen LogP contribution in [0.3, 0.4) is 0 Å². The summed E-state index contributed by atoms with van der Waals surface area (Å²) in [6, 6.07) is 46.3. The summed E-state index contributed by atoms with van der Waals surface area (Å²) in [7, 11) is 0. The number of aromatic nitrogens is 3. The van der Waals surface area contributed by atoms with Gasteiger partial charge < -0.3 is 8.83 Å². The van der Waals surface area contributed by atoms with E-state index in [4.69, 9.17) is 23.8 Å². The van der Waals surface area contributed by atoms with Crippen molar-refractivity contribution in [3.05, 3.63) is 158 Å². The number of para-hydroxylation sites is 2. The molecule has 5 nitrogen and oxygen atoms in total. The predicted molar refractivity (Wildman–Crippen MR) is 212 cm³/mol. The van der Waals surface area contributed by atoms with Crippen LogP contribution >= 0.6 is 0 Å². The van der Waals surface area contributed by atoms with Crippen LogP contribution < -0.4 is 0 Å². The molecule has 0 aliphatic heterocycles. The second-order valence-corrected chi connectivity index (χ2v) is 13.4. The average Bonchev–Trinajstić information content (AvgIpc) is 3.78. The highest BCUT2D eigenvalue weighted by atomic mass is 16.3. The summed E-state index contributed by atoms with van der Waals surface area (Å²) in [5.41, 5.74) is 8.24. The van der Waals surface area contributed by atoms with Gasteiger partial charge in [-0.15, -0.1) is 0 Å².